The number of para-hydroxylation sites is 1. The fourth-order valence-corrected chi connectivity index (χ4v) is 3.43. The summed E-state index contributed by atoms with van der Waals surface area (Å²) in [5.41, 5.74) is 6.81. The van der Waals surface area contributed by atoms with E-state index in [1.807, 2.05) is 18.2 Å². The molecule has 2 heterocycles. The zero-order valence-corrected chi connectivity index (χ0v) is 19.2. The number of carbonyl (C=O) groups excluding carboxylic acids is 1. The Morgan fingerprint density at radius 2 is 1.89 bits per heavy atom. The van der Waals surface area contributed by atoms with Crippen LogP contribution in [0, 0.1) is 11.6 Å². The minimum Gasteiger partial charge on any atom is -0.392 e. The van der Waals surface area contributed by atoms with Crippen molar-refractivity contribution in [2.24, 2.45) is 0 Å². The lowest BCUT2D eigenvalue weighted by Gasteiger charge is -2.13. The van der Waals surface area contributed by atoms with E-state index >= 15 is 0 Å². The van der Waals surface area contributed by atoms with Gasteiger partial charge in [0.2, 0.25) is 0 Å². The molecule has 0 saturated heterocycles. The Morgan fingerprint density at radius 1 is 1.14 bits per heavy atom. The molecule has 180 valence electrons. The van der Waals surface area contributed by atoms with Gasteiger partial charge in [-0.2, -0.15) is 5.10 Å². The number of hydrogen-bond acceptors (Lipinski definition) is 6. The number of pyridine rings is 1. The zero-order chi connectivity index (χ0) is 25.1. The van der Waals surface area contributed by atoms with Crippen molar-refractivity contribution in [2.75, 3.05) is 17.6 Å². The summed E-state index contributed by atoms with van der Waals surface area (Å²) in [6, 6.07) is 15.8. The van der Waals surface area contributed by atoms with Gasteiger partial charge in [-0.3, -0.25) is 4.79 Å². The van der Waals surface area contributed by atoms with Crippen molar-refractivity contribution in [3.05, 3.63) is 83.0 Å². The SMILES string of the molecule is CC(O)CNC(=O)c1cc(Nc2cc(-c3nc(N)c(F)cc3F)ccc2Cl)n(-c2ccccc2)n1. The first-order chi connectivity index (χ1) is 16.7. The monoisotopic (exact) mass is 498 g/mol. The zero-order valence-electron chi connectivity index (χ0n) is 18.5. The summed E-state index contributed by atoms with van der Waals surface area (Å²) in [5.74, 6) is -2.34. The molecule has 2 aromatic heterocycles. The molecule has 1 unspecified atom stereocenters. The molecule has 0 aliphatic carbocycles. The number of aromatic nitrogens is 3. The summed E-state index contributed by atoms with van der Waals surface area (Å²) in [6.45, 7) is 1.62. The number of rotatable bonds is 7. The van der Waals surface area contributed by atoms with Crippen LogP contribution in [0.5, 0.6) is 0 Å². The van der Waals surface area contributed by atoms with E-state index < -0.39 is 29.5 Å². The number of nitrogen functional groups attached to an aromatic ring is 1. The predicted molar refractivity (Wildman–Crippen MR) is 130 cm³/mol. The Hall–Kier alpha value is -4.02. The lowest BCUT2D eigenvalue weighted by Crippen LogP contribution is -2.30. The van der Waals surface area contributed by atoms with E-state index in [2.05, 4.69) is 20.7 Å². The van der Waals surface area contributed by atoms with Gasteiger partial charge >= 0.3 is 0 Å². The van der Waals surface area contributed by atoms with Crippen LogP contribution in [0.2, 0.25) is 5.02 Å². The number of benzene rings is 2. The van der Waals surface area contributed by atoms with E-state index in [1.54, 1.807) is 19.1 Å². The highest BCUT2D eigenvalue weighted by molar-refractivity contribution is 6.33. The number of nitrogens with two attached hydrogens (primary N) is 1. The molecular weight excluding hydrogens is 478 g/mol. The van der Waals surface area contributed by atoms with E-state index in [4.69, 9.17) is 17.3 Å². The van der Waals surface area contributed by atoms with Crippen LogP contribution in [0.4, 0.5) is 26.1 Å². The smallest absolute Gasteiger partial charge is 0.271 e. The summed E-state index contributed by atoms with van der Waals surface area (Å²) in [7, 11) is 0. The number of amides is 1. The van der Waals surface area contributed by atoms with Crippen LogP contribution in [0.1, 0.15) is 17.4 Å². The third-order valence-corrected chi connectivity index (χ3v) is 5.29. The summed E-state index contributed by atoms with van der Waals surface area (Å²) >= 11 is 6.38. The number of aliphatic hydroxyl groups is 1. The number of carbonyl (C=O) groups is 1. The second-order valence-corrected chi connectivity index (χ2v) is 8.13. The molecule has 5 N–H and O–H groups in total. The second kappa shape index (κ2) is 10.1. The Morgan fingerprint density at radius 3 is 2.60 bits per heavy atom. The van der Waals surface area contributed by atoms with Crippen molar-refractivity contribution in [3.8, 4) is 16.9 Å². The van der Waals surface area contributed by atoms with E-state index in [0.29, 0.717) is 33.8 Å². The minimum atomic E-state index is -0.952. The van der Waals surface area contributed by atoms with Crippen LogP contribution in [0.3, 0.4) is 0 Å². The van der Waals surface area contributed by atoms with Gasteiger partial charge in [-0.15, -0.1) is 0 Å². The topological polar surface area (TPSA) is 118 Å². The largest absolute Gasteiger partial charge is 0.392 e. The Labute approximate surface area is 204 Å². The molecule has 0 aliphatic rings. The van der Waals surface area contributed by atoms with Gasteiger partial charge in [-0.25, -0.2) is 18.4 Å². The second-order valence-electron chi connectivity index (χ2n) is 7.73. The van der Waals surface area contributed by atoms with Gasteiger partial charge in [0.1, 0.15) is 11.5 Å². The predicted octanol–water partition coefficient (Wildman–Crippen LogP) is 4.30. The maximum absolute atomic E-state index is 14.4. The molecule has 2 aromatic carbocycles. The highest BCUT2D eigenvalue weighted by atomic mass is 35.5. The molecule has 8 nitrogen and oxygen atoms in total. The fourth-order valence-electron chi connectivity index (χ4n) is 3.27. The van der Waals surface area contributed by atoms with Crippen molar-refractivity contribution >= 4 is 34.8 Å². The molecule has 1 amide bonds. The van der Waals surface area contributed by atoms with E-state index in [1.165, 1.54) is 28.9 Å². The first-order valence-corrected chi connectivity index (χ1v) is 10.9. The molecule has 0 radical (unpaired) electrons. The van der Waals surface area contributed by atoms with Crippen molar-refractivity contribution in [2.45, 2.75) is 13.0 Å². The summed E-state index contributed by atoms with van der Waals surface area (Å²) in [6.07, 6.45) is -0.719. The summed E-state index contributed by atoms with van der Waals surface area (Å²) in [4.78, 5) is 16.4. The molecule has 0 aliphatic heterocycles. The van der Waals surface area contributed by atoms with Crippen molar-refractivity contribution in [1.82, 2.24) is 20.1 Å². The highest BCUT2D eigenvalue weighted by Gasteiger charge is 2.18. The first-order valence-electron chi connectivity index (χ1n) is 10.5. The van der Waals surface area contributed by atoms with Crippen LogP contribution >= 0.6 is 11.6 Å². The Bertz CT molecular complexity index is 1380. The van der Waals surface area contributed by atoms with E-state index in [0.717, 1.165) is 0 Å². The molecule has 0 spiro atoms. The first kappa shape index (κ1) is 24.1. The van der Waals surface area contributed by atoms with Gasteiger partial charge in [0.05, 0.1) is 22.5 Å². The molecule has 4 aromatic rings. The van der Waals surface area contributed by atoms with E-state index in [-0.39, 0.29) is 17.9 Å². The number of aliphatic hydroxyl groups excluding tert-OH is 1. The van der Waals surface area contributed by atoms with Gasteiger partial charge in [0.25, 0.3) is 5.91 Å². The average Bonchev–Trinajstić information content (AvgIpc) is 3.26. The summed E-state index contributed by atoms with van der Waals surface area (Å²) in [5, 5.41) is 19.9. The number of nitrogens with zero attached hydrogens (tertiary/aromatic N) is 3. The molecule has 11 heteroatoms. The van der Waals surface area contributed by atoms with E-state index in [9.17, 15) is 18.7 Å². The van der Waals surface area contributed by atoms with Gasteiger partial charge < -0.3 is 21.5 Å². The number of halogens is 3. The number of anilines is 3. The molecule has 1 atom stereocenters. The standard InChI is InChI=1S/C24H21ClF2N6O2/c1-13(34)12-29-24(35)20-11-21(33(32-20)15-5-3-2-4-6-15)30-19-9-14(7-8-16(19)25)22-17(26)10-18(27)23(28)31-22/h2-11,13,30,34H,12H2,1H3,(H2,28,31)(H,29,35). The quantitative estimate of drug-likeness (QED) is 0.302. The Kier molecular flexibility index (Phi) is 6.94. The Balaban J connectivity index is 1.73. The molecule has 0 fully saturated rings. The maximum Gasteiger partial charge on any atom is 0.271 e. The van der Waals surface area contributed by atoms with Crippen LogP contribution in [-0.4, -0.2) is 38.4 Å². The fraction of sp³-hybridized carbons (Fsp3) is 0.125. The molecule has 35 heavy (non-hydrogen) atoms. The molecule has 0 bridgehead atoms. The minimum absolute atomic E-state index is 0.0625. The van der Waals surface area contributed by atoms with Crippen molar-refractivity contribution in [3.63, 3.8) is 0 Å². The third-order valence-electron chi connectivity index (χ3n) is 4.96. The number of hydrogen-bond donors (Lipinski definition) is 4. The van der Waals surface area contributed by atoms with Gasteiger partial charge in [0.15, 0.2) is 23.1 Å². The lowest BCUT2D eigenvalue weighted by atomic mass is 10.1. The maximum atomic E-state index is 14.4. The van der Waals surface area contributed by atoms with Crippen LogP contribution < -0.4 is 16.4 Å². The average molecular weight is 499 g/mol. The van der Waals surface area contributed by atoms with Gasteiger partial charge in [0, 0.05) is 24.2 Å². The van der Waals surface area contributed by atoms with Gasteiger partial charge in [-0.05, 0) is 31.2 Å². The highest BCUT2D eigenvalue weighted by Crippen LogP contribution is 2.33. The third kappa shape index (κ3) is 5.39. The molecule has 0 saturated carbocycles. The van der Waals surface area contributed by atoms with Crippen LogP contribution in [0.25, 0.3) is 16.9 Å². The molecular formula is C24H21ClF2N6O2. The molecule has 4 rings (SSSR count). The van der Waals surface area contributed by atoms with Crippen molar-refractivity contribution in [1.29, 1.82) is 0 Å². The van der Waals surface area contributed by atoms with Crippen LogP contribution in [0.15, 0.2) is 60.7 Å². The summed E-state index contributed by atoms with van der Waals surface area (Å²) < 4.78 is 29.5. The number of nitrogens with one attached hydrogen (secondary N) is 2. The normalized spacial score (nSPS) is 11.8. The van der Waals surface area contributed by atoms with Crippen LogP contribution in [-0.2, 0) is 0 Å². The lowest BCUT2D eigenvalue weighted by molar-refractivity contribution is 0.0918. The van der Waals surface area contributed by atoms with Crippen molar-refractivity contribution < 1.29 is 18.7 Å². The van der Waals surface area contributed by atoms with Gasteiger partial charge in [-0.1, -0.05) is 35.9 Å².